The maximum absolute atomic E-state index is 12.8. The van der Waals surface area contributed by atoms with Gasteiger partial charge < -0.3 is 14.2 Å². The van der Waals surface area contributed by atoms with Crippen molar-refractivity contribution in [2.45, 2.75) is 226 Å². The van der Waals surface area contributed by atoms with E-state index in [9.17, 15) is 14.4 Å². The summed E-state index contributed by atoms with van der Waals surface area (Å²) in [7, 11) is 0. The van der Waals surface area contributed by atoms with Crippen LogP contribution >= 0.6 is 0 Å². The summed E-state index contributed by atoms with van der Waals surface area (Å²) < 4.78 is 16.7. The van der Waals surface area contributed by atoms with E-state index in [-0.39, 0.29) is 37.5 Å². The Bertz CT molecular complexity index is 1340. The number of carbonyl (C=O) groups excluding carboxylic acids is 3. The minimum Gasteiger partial charge on any atom is -0.462 e. The van der Waals surface area contributed by atoms with Gasteiger partial charge in [-0.1, -0.05) is 252 Å². The number of unbranched alkanes of at least 4 members (excludes halogenated alkanes) is 23. The molecule has 0 aromatic heterocycles. The Morgan fingerprint density at radius 3 is 1.05 bits per heavy atom. The van der Waals surface area contributed by atoms with Crippen molar-refractivity contribution in [1.29, 1.82) is 0 Å². The molecule has 1 unspecified atom stereocenters. The molecule has 0 aromatic carbocycles. The fourth-order valence-corrected chi connectivity index (χ4v) is 6.84. The Balaban J connectivity index is 4.52. The quantitative estimate of drug-likeness (QED) is 0.0262. The fraction of sp³-hybridized carbons (Fsp3) is 0.638. The molecule has 0 aliphatic heterocycles. The minimum atomic E-state index is -0.816. The molecule has 0 spiro atoms. The molecule has 362 valence electrons. The van der Waals surface area contributed by atoms with Gasteiger partial charge in [0.2, 0.25) is 0 Å². The molecule has 0 heterocycles. The van der Waals surface area contributed by atoms with E-state index in [4.69, 9.17) is 14.2 Å². The van der Waals surface area contributed by atoms with Gasteiger partial charge in [-0.3, -0.25) is 14.4 Å². The van der Waals surface area contributed by atoms with Gasteiger partial charge in [-0.15, -0.1) is 0 Å². The first kappa shape index (κ1) is 60.1. The van der Waals surface area contributed by atoms with Crippen molar-refractivity contribution in [2.75, 3.05) is 13.2 Å². The van der Waals surface area contributed by atoms with Gasteiger partial charge in [-0.25, -0.2) is 0 Å². The highest BCUT2D eigenvalue weighted by molar-refractivity contribution is 5.71. The molecule has 0 saturated carbocycles. The van der Waals surface area contributed by atoms with E-state index in [1.165, 1.54) is 96.3 Å². The van der Waals surface area contributed by atoms with E-state index < -0.39 is 6.10 Å². The lowest BCUT2D eigenvalue weighted by molar-refractivity contribution is -0.167. The monoisotopic (exact) mass is 887 g/mol. The molecule has 0 bridgehead atoms. The molecule has 0 saturated heterocycles. The summed E-state index contributed by atoms with van der Waals surface area (Å²) in [6.45, 7) is 6.37. The molecule has 0 aromatic rings. The summed E-state index contributed by atoms with van der Waals surface area (Å²) in [6.07, 6.45) is 69.3. The number of ether oxygens (including phenoxy) is 3. The summed E-state index contributed by atoms with van der Waals surface area (Å²) in [4.78, 5) is 38.0. The number of allylic oxidation sites excluding steroid dienone is 18. The molecule has 0 rings (SSSR count). The van der Waals surface area contributed by atoms with Gasteiger partial charge >= 0.3 is 17.9 Å². The van der Waals surface area contributed by atoms with Crippen LogP contribution in [0.3, 0.4) is 0 Å². The van der Waals surface area contributed by atoms with Gasteiger partial charge in [0.15, 0.2) is 6.10 Å². The van der Waals surface area contributed by atoms with E-state index in [0.29, 0.717) is 19.3 Å². The van der Waals surface area contributed by atoms with Crippen molar-refractivity contribution in [2.24, 2.45) is 0 Å². The summed E-state index contributed by atoms with van der Waals surface area (Å²) >= 11 is 0. The number of esters is 3. The molecule has 0 aliphatic rings. The van der Waals surface area contributed by atoms with Gasteiger partial charge in [0, 0.05) is 19.3 Å². The first-order valence-electron chi connectivity index (χ1n) is 26.0. The first-order valence-corrected chi connectivity index (χ1v) is 26.0. The van der Waals surface area contributed by atoms with E-state index >= 15 is 0 Å². The van der Waals surface area contributed by atoms with Crippen LogP contribution in [0.25, 0.3) is 0 Å². The molecule has 0 fully saturated rings. The van der Waals surface area contributed by atoms with Gasteiger partial charge in [0.05, 0.1) is 0 Å². The van der Waals surface area contributed by atoms with Gasteiger partial charge in [-0.05, 0) is 57.8 Å². The Kier molecular flexibility index (Phi) is 48.5. The highest BCUT2D eigenvalue weighted by atomic mass is 16.6. The SMILES string of the molecule is CC/C=C/C=C/C=C/C=C/C=C/CCCC(=O)OCC(COC(=O)CCCCCCC/C=C/C=C/C=C/C=C/CCCCC)OC(=O)CCCCCCCCCCCCCCCCC. The van der Waals surface area contributed by atoms with Crippen LogP contribution in [0.15, 0.2) is 109 Å². The smallest absolute Gasteiger partial charge is 0.306 e. The van der Waals surface area contributed by atoms with E-state index in [0.717, 1.165) is 77.0 Å². The second-order valence-electron chi connectivity index (χ2n) is 16.9. The third kappa shape index (κ3) is 49.1. The average Bonchev–Trinajstić information content (AvgIpc) is 3.29. The van der Waals surface area contributed by atoms with Gasteiger partial charge in [0.25, 0.3) is 0 Å². The molecular formula is C58H94O6. The normalized spacial score (nSPS) is 13.0. The summed E-state index contributed by atoms with van der Waals surface area (Å²) in [5.74, 6) is -1.01. The highest BCUT2D eigenvalue weighted by Gasteiger charge is 2.19. The van der Waals surface area contributed by atoms with Crippen molar-refractivity contribution in [3.63, 3.8) is 0 Å². The van der Waals surface area contributed by atoms with Crippen LogP contribution in [0, 0.1) is 0 Å². The van der Waals surface area contributed by atoms with Crippen LogP contribution in [0.1, 0.15) is 220 Å². The van der Waals surface area contributed by atoms with Crippen LogP contribution < -0.4 is 0 Å². The Morgan fingerprint density at radius 1 is 0.328 bits per heavy atom. The van der Waals surface area contributed by atoms with E-state index in [1.807, 2.05) is 54.7 Å². The lowest BCUT2D eigenvalue weighted by Crippen LogP contribution is -2.30. The third-order valence-corrected chi connectivity index (χ3v) is 10.7. The van der Waals surface area contributed by atoms with Gasteiger partial charge in [0.1, 0.15) is 13.2 Å². The molecule has 6 heteroatoms. The van der Waals surface area contributed by atoms with E-state index in [2.05, 4.69) is 75.5 Å². The van der Waals surface area contributed by atoms with Crippen molar-refractivity contribution in [3.8, 4) is 0 Å². The molecule has 6 nitrogen and oxygen atoms in total. The summed E-state index contributed by atoms with van der Waals surface area (Å²) in [6, 6.07) is 0. The molecular weight excluding hydrogens is 793 g/mol. The zero-order valence-electron chi connectivity index (χ0n) is 41.3. The maximum Gasteiger partial charge on any atom is 0.306 e. The molecule has 0 amide bonds. The standard InChI is InChI=1S/C58H94O6/c1-4-7-10-13-16-19-22-25-27-28-29-31-33-36-39-42-45-48-51-57(60)63-54-55(53-62-56(59)50-47-44-41-38-35-32-24-21-18-15-12-9-6-3)64-58(61)52-49-46-43-40-37-34-30-26-23-20-17-14-11-8-5-2/h9,12,15-16,18-19,21-22,24-25,27-29,31-32,35,38,41,55H,4-8,10-11,13-14,17,20,23,26,30,33-34,36-37,39-40,42-54H2,1-3H3/b12-9+,18-15+,19-16+,24-21+,25-22+,28-27+,31-29+,35-32+,41-38+. The van der Waals surface area contributed by atoms with Crippen molar-refractivity contribution >= 4 is 17.9 Å². The molecule has 0 N–H and O–H groups in total. The largest absolute Gasteiger partial charge is 0.462 e. The van der Waals surface area contributed by atoms with Crippen LogP contribution in [-0.2, 0) is 28.6 Å². The molecule has 64 heavy (non-hydrogen) atoms. The molecule has 0 aliphatic carbocycles. The zero-order chi connectivity index (χ0) is 46.5. The molecule has 0 radical (unpaired) electrons. The maximum atomic E-state index is 12.8. The Labute approximate surface area is 393 Å². The highest BCUT2D eigenvalue weighted by Crippen LogP contribution is 2.15. The van der Waals surface area contributed by atoms with E-state index in [1.54, 1.807) is 0 Å². The predicted molar refractivity (Wildman–Crippen MR) is 274 cm³/mol. The Morgan fingerprint density at radius 2 is 0.625 bits per heavy atom. The lowest BCUT2D eigenvalue weighted by atomic mass is 10.0. The number of rotatable bonds is 45. The Hall–Kier alpha value is -3.93. The van der Waals surface area contributed by atoms with Crippen LogP contribution in [-0.4, -0.2) is 37.2 Å². The van der Waals surface area contributed by atoms with Crippen LogP contribution in [0.2, 0.25) is 0 Å². The first-order chi connectivity index (χ1) is 31.5. The van der Waals surface area contributed by atoms with Crippen LogP contribution in [0.4, 0.5) is 0 Å². The second kappa shape index (κ2) is 51.7. The number of hydrogen-bond donors (Lipinski definition) is 0. The summed E-state index contributed by atoms with van der Waals surface area (Å²) in [5.41, 5.74) is 0. The zero-order valence-corrected chi connectivity index (χ0v) is 41.3. The minimum absolute atomic E-state index is 0.113. The third-order valence-electron chi connectivity index (χ3n) is 10.7. The molecule has 1 atom stereocenters. The van der Waals surface area contributed by atoms with Gasteiger partial charge in [-0.2, -0.15) is 0 Å². The summed E-state index contributed by atoms with van der Waals surface area (Å²) in [5, 5.41) is 0. The van der Waals surface area contributed by atoms with Crippen LogP contribution in [0.5, 0.6) is 0 Å². The van der Waals surface area contributed by atoms with Crippen molar-refractivity contribution in [1.82, 2.24) is 0 Å². The number of carbonyl (C=O) groups is 3. The number of hydrogen-bond acceptors (Lipinski definition) is 6. The fourth-order valence-electron chi connectivity index (χ4n) is 6.84. The predicted octanol–water partition coefficient (Wildman–Crippen LogP) is 17.1. The van der Waals surface area contributed by atoms with Crippen molar-refractivity contribution in [3.05, 3.63) is 109 Å². The topological polar surface area (TPSA) is 78.9 Å². The van der Waals surface area contributed by atoms with Crippen molar-refractivity contribution < 1.29 is 28.6 Å². The average molecular weight is 887 g/mol. The lowest BCUT2D eigenvalue weighted by Gasteiger charge is -2.18. The second-order valence-corrected chi connectivity index (χ2v) is 16.9.